The van der Waals surface area contributed by atoms with E-state index in [4.69, 9.17) is 0 Å². The molecule has 1 saturated heterocycles. The maximum atomic E-state index is 12.5. The number of pyridine rings is 1. The molecule has 1 saturated carbocycles. The van der Waals surface area contributed by atoms with Crippen molar-refractivity contribution in [3.8, 4) is 0 Å². The molecule has 2 aromatic rings. The third-order valence-corrected chi connectivity index (χ3v) is 5.01. The number of halogens is 3. The van der Waals surface area contributed by atoms with Crippen LogP contribution in [-0.4, -0.2) is 34.1 Å². The molecule has 144 valence electrons. The molecule has 2 aromatic heterocycles. The van der Waals surface area contributed by atoms with E-state index in [0.717, 1.165) is 32.0 Å². The van der Waals surface area contributed by atoms with Crippen LogP contribution in [0.2, 0.25) is 0 Å². The van der Waals surface area contributed by atoms with Crippen LogP contribution < -0.4 is 4.90 Å². The number of carbonyl (C=O) groups is 1. The number of carbonyl (C=O) groups excluding carboxylic acids is 1. The van der Waals surface area contributed by atoms with E-state index in [1.165, 1.54) is 18.5 Å². The Kier molecular flexibility index (Phi) is 5.17. The number of hydrogen-bond acceptors (Lipinski definition) is 5. The first-order chi connectivity index (χ1) is 12.9. The molecule has 0 amide bonds. The molecule has 8 heteroatoms. The number of hydrogen-bond donors (Lipinski definition) is 0. The fraction of sp³-hybridized carbons (Fsp3) is 0.474. The van der Waals surface area contributed by atoms with Crippen LogP contribution >= 0.6 is 0 Å². The van der Waals surface area contributed by atoms with Gasteiger partial charge in [-0.15, -0.1) is 5.10 Å². The fourth-order valence-electron chi connectivity index (χ4n) is 3.76. The predicted octanol–water partition coefficient (Wildman–Crippen LogP) is 4.02. The van der Waals surface area contributed by atoms with E-state index in [2.05, 4.69) is 15.2 Å². The molecule has 27 heavy (non-hydrogen) atoms. The van der Waals surface area contributed by atoms with Gasteiger partial charge in [0.15, 0.2) is 5.78 Å². The Hall–Kier alpha value is -2.51. The number of ketones is 1. The summed E-state index contributed by atoms with van der Waals surface area (Å²) < 4.78 is 37.6. The largest absolute Gasteiger partial charge is 0.433 e. The fourth-order valence-corrected chi connectivity index (χ4v) is 3.76. The second-order valence-electron chi connectivity index (χ2n) is 6.83. The summed E-state index contributed by atoms with van der Waals surface area (Å²) in [6, 6.07) is 5.81. The lowest BCUT2D eigenvalue weighted by Crippen LogP contribution is -2.63. The standard InChI is InChI=1S/C17H15F3N4O.C2H6/c18-17(19,20)14-4-3-12(8-21-14)24-9-16(10-24)6-11(7-16)15(25)13-2-1-5-22-23-13;1-2/h1-5,8,11H,6-7,9-10H2;1-2H3. The second kappa shape index (κ2) is 7.25. The van der Waals surface area contributed by atoms with Gasteiger partial charge in [0.2, 0.25) is 0 Å². The van der Waals surface area contributed by atoms with Crippen molar-refractivity contribution in [1.82, 2.24) is 15.2 Å². The van der Waals surface area contributed by atoms with E-state index in [1.807, 2.05) is 18.7 Å². The van der Waals surface area contributed by atoms with E-state index in [-0.39, 0.29) is 17.1 Å². The minimum atomic E-state index is -4.42. The van der Waals surface area contributed by atoms with E-state index in [1.54, 1.807) is 12.1 Å². The summed E-state index contributed by atoms with van der Waals surface area (Å²) in [6.45, 7) is 5.48. The minimum absolute atomic E-state index is 0.0216. The summed E-state index contributed by atoms with van der Waals surface area (Å²) in [5.74, 6) is -0.0158. The Morgan fingerprint density at radius 1 is 1.19 bits per heavy atom. The Morgan fingerprint density at radius 2 is 1.89 bits per heavy atom. The van der Waals surface area contributed by atoms with Crippen LogP contribution in [0.15, 0.2) is 36.7 Å². The van der Waals surface area contributed by atoms with E-state index < -0.39 is 11.9 Å². The molecule has 1 aliphatic heterocycles. The smallest absolute Gasteiger partial charge is 0.369 e. The molecule has 1 aliphatic carbocycles. The van der Waals surface area contributed by atoms with Crippen molar-refractivity contribution >= 4 is 11.5 Å². The summed E-state index contributed by atoms with van der Waals surface area (Å²) >= 11 is 0. The van der Waals surface area contributed by atoms with Gasteiger partial charge in [-0.05, 0) is 37.1 Å². The maximum Gasteiger partial charge on any atom is 0.433 e. The van der Waals surface area contributed by atoms with Crippen LogP contribution in [0.5, 0.6) is 0 Å². The normalized spacial score (nSPS) is 18.2. The van der Waals surface area contributed by atoms with Crippen molar-refractivity contribution in [3.63, 3.8) is 0 Å². The quantitative estimate of drug-likeness (QED) is 0.755. The van der Waals surface area contributed by atoms with Gasteiger partial charge in [-0.3, -0.25) is 4.79 Å². The van der Waals surface area contributed by atoms with Crippen LogP contribution in [0.3, 0.4) is 0 Å². The SMILES string of the molecule is CC.O=C(c1cccnn1)C1CC2(C1)CN(c1ccc(C(F)(F)F)nc1)C2. The summed E-state index contributed by atoms with van der Waals surface area (Å²) in [4.78, 5) is 17.8. The molecule has 3 heterocycles. The highest BCUT2D eigenvalue weighted by Crippen LogP contribution is 2.53. The molecular weight excluding hydrogens is 357 g/mol. The maximum absolute atomic E-state index is 12.5. The van der Waals surface area contributed by atoms with Gasteiger partial charge in [-0.2, -0.15) is 18.3 Å². The number of alkyl halides is 3. The monoisotopic (exact) mass is 378 g/mol. The summed E-state index contributed by atoms with van der Waals surface area (Å²) in [7, 11) is 0. The molecule has 1 spiro atoms. The lowest BCUT2D eigenvalue weighted by molar-refractivity contribution is -0.141. The highest BCUT2D eigenvalue weighted by molar-refractivity contribution is 5.96. The van der Waals surface area contributed by atoms with Crippen LogP contribution in [0.25, 0.3) is 0 Å². The van der Waals surface area contributed by atoms with Crippen molar-refractivity contribution in [3.05, 3.63) is 48.0 Å². The zero-order valence-electron chi connectivity index (χ0n) is 15.2. The molecule has 0 N–H and O–H groups in total. The van der Waals surface area contributed by atoms with Crippen molar-refractivity contribution in [2.75, 3.05) is 18.0 Å². The molecule has 2 fully saturated rings. The molecular formula is C19H21F3N4O. The Balaban J connectivity index is 0.00000102. The van der Waals surface area contributed by atoms with Crippen molar-refractivity contribution < 1.29 is 18.0 Å². The van der Waals surface area contributed by atoms with Crippen molar-refractivity contribution in [2.24, 2.45) is 11.3 Å². The number of anilines is 1. The third kappa shape index (κ3) is 3.79. The molecule has 5 nitrogen and oxygen atoms in total. The Morgan fingerprint density at radius 3 is 2.41 bits per heavy atom. The number of nitrogens with zero attached hydrogens (tertiary/aromatic N) is 4. The van der Waals surface area contributed by atoms with Gasteiger partial charge in [0.1, 0.15) is 11.4 Å². The van der Waals surface area contributed by atoms with E-state index in [0.29, 0.717) is 11.4 Å². The molecule has 0 bridgehead atoms. The number of rotatable bonds is 3. The second-order valence-corrected chi connectivity index (χ2v) is 6.83. The first-order valence-corrected chi connectivity index (χ1v) is 8.96. The molecule has 0 radical (unpaired) electrons. The Labute approximate surface area is 155 Å². The van der Waals surface area contributed by atoms with Gasteiger partial charge in [0.25, 0.3) is 0 Å². The molecule has 4 rings (SSSR count). The van der Waals surface area contributed by atoms with Crippen LogP contribution in [0.1, 0.15) is 42.9 Å². The van der Waals surface area contributed by atoms with Crippen LogP contribution in [-0.2, 0) is 6.18 Å². The van der Waals surface area contributed by atoms with Gasteiger partial charge >= 0.3 is 6.18 Å². The minimum Gasteiger partial charge on any atom is -0.369 e. The molecule has 0 unspecified atom stereocenters. The average molecular weight is 378 g/mol. The first-order valence-electron chi connectivity index (χ1n) is 8.96. The Bertz CT molecular complexity index is 779. The van der Waals surface area contributed by atoms with Gasteiger partial charge in [-0.1, -0.05) is 13.8 Å². The highest BCUT2D eigenvalue weighted by Gasteiger charge is 2.54. The topological polar surface area (TPSA) is 59.0 Å². The zero-order chi connectivity index (χ0) is 19.7. The lowest BCUT2D eigenvalue weighted by Gasteiger charge is -2.59. The van der Waals surface area contributed by atoms with Crippen LogP contribution in [0, 0.1) is 11.3 Å². The summed E-state index contributed by atoms with van der Waals surface area (Å²) in [5, 5.41) is 7.58. The molecule has 0 atom stereocenters. The van der Waals surface area contributed by atoms with E-state index in [9.17, 15) is 18.0 Å². The summed E-state index contributed by atoms with van der Waals surface area (Å²) in [6.07, 6.45) is -0.0615. The zero-order valence-corrected chi connectivity index (χ0v) is 15.2. The highest BCUT2D eigenvalue weighted by atomic mass is 19.4. The van der Waals surface area contributed by atoms with E-state index >= 15 is 0 Å². The van der Waals surface area contributed by atoms with Crippen LogP contribution in [0.4, 0.5) is 18.9 Å². The number of aromatic nitrogens is 3. The number of Topliss-reactive ketones (excluding diaryl/α,β-unsaturated/α-hetero) is 1. The lowest BCUT2D eigenvalue weighted by atomic mass is 9.56. The van der Waals surface area contributed by atoms with Gasteiger partial charge < -0.3 is 4.90 Å². The molecule has 0 aromatic carbocycles. The predicted molar refractivity (Wildman–Crippen MR) is 94.3 cm³/mol. The average Bonchev–Trinajstić information content (AvgIpc) is 2.61. The van der Waals surface area contributed by atoms with Crippen molar-refractivity contribution in [2.45, 2.75) is 32.9 Å². The summed E-state index contributed by atoms with van der Waals surface area (Å²) in [5.41, 5.74) is 0.281. The molecule has 2 aliphatic rings. The van der Waals surface area contributed by atoms with Crippen molar-refractivity contribution in [1.29, 1.82) is 0 Å². The third-order valence-electron chi connectivity index (χ3n) is 5.01. The van der Waals surface area contributed by atoms with Gasteiger partial charge in [0, 0.05) is 30.6 Å². The van der Waals surface area contributed by atoms with Gasteiger partial charge in [0.05, 0.1) is 11.9 Å². The first kappa shape index (κ1) is 19.3. The van der Waals surface area contributed by atoms with Gasteiger partial charge in [-0.25, -0.2) is 4.98 Å².